The van der Waals surface area contributed by atoms with Crippen LogP contribution < -0.4 is 5.32 Å². The van der Waals surface area contributed by atoms with Crippen molar-refractivity contribution < 1.29 is 14.3 Å². The zero-order valence-corrected chi connectivity index (χ0v) is 11.6. The highest BCUT2D eigenvalue weighted by atomic mass is 16.4. The van der Waals surface area contributed by atoms with Crippen LogP contribution in [-0.2, 0) is 17.6 Å². The second-order valence-electron chi connectivity index (χ2n) is 5.08. The van der Waals surface area contributed by atoms with Crippen molar-refractivity contribution in [2.45, 2.75) is 32.1 Å². The number of anilines is 1. The number of carbonyl (C=O) groups is 1. The second kappa shape index (κ2) is 5.95. The highest BCUT2D eigenvalue weighted by Gasteiger charge is 2.19. The summed E-state index contributed by atoms with van der Waals surface area (Å²) in [4.78, 5) is 19.8. The molecule has 0 spiro atoms. The second-order valence-corrected chi connectivity index (χ2v) is 5.08. The van der Waals surface area contributed by atoms with Crippen molar-refractivity contribution in [3.8, 4) is 11.6 Å². The molecular formula is C15H17N3O3. The number of fused-ring (bicyclic) bond motifs is 1. The van der Waals surface area contributed by atoms with E-state index in [-0.39, 0.29) is 6.42 Å². The van der Waals surface area contributed by atoms with Crippen LogP contribution in [0.5, 0.6) is 0 Å². The summed E-state index contributed by atoms with van der Waals surface area (Å²) in [5.74, 6) is 1.10. The molecule has 110 valence electrons. The van der Waals surface area contributed by atoms with Gasteiger partial charge in [0.2, 0.25) is 0 Å². The number of aromatic nitrogens is 2. The fourth-order valence-electron chi connectivity index (χ4n) is 2.54. The zero-order valence-electron chi connectivity index (χ0n) is 11.6. The lowest BCUT2D eigenvalue weighted by molar-refractivity contribution is -0.136. The van der Waals surface area contributed by atoms with E-state index in [4.69, 9.17) is 9.52 Å². The van der Waals surface area contributed by atoms with Gasteiger partial charge in [-0.1, -0.05) is 0 Å². The van der Waals surface area contributed by atoms with Crippen LogP contribution in [-0.4, -0.2) is 27.6 Å². The SMILES string of the molecule is O=C(O)CCNc1nc(-c2ccco2)nc2c1CCCC2. The molecule has 0 fully saturated rings. The fraction of sp³-hybridized carbons (Fsp3) is 0.400. The van der Waals surface area contributed by atoms with Gasteiger partial charge in [-0.05, 0) is 37.8 Å². The maximum atomic E-state index is 10.6. The lowest BCUT2D eigenvalue weighted by atomic mass is 9.96. The van der Waals surface area contributed by atoms with E-state index in [0.29, 0.717) is 18.1 Å². The molecule has 2 heterocycles. The molecule has 21 heavy (non-hydrogen) atoms. The summed E-state index contributed by atoms with van der Waals surface area (Å²) in [5, 5.41) is 11.9. The number of carboxylic acid groups (broad SMARTS) is 1. The third-order valence-electron chi connectivity index (χ3n) is 3.56. The maximum absolute atomic E-state index is 10.6. The maximum Gasteiger partial charge on any atom is 0.305 e. The first-order valence-corrected chi connectivity index (χ1v) is 7.13. The Labute approximate surface area is 122 Å². The average molecular weight is 287 g/mol. The van der Waals surface area contributed by atoms with Crippen LogP contribution in [0.25, 0.3) is 11.6 Å². The summed E-state index contributed by atoms with van der Waals surface area (Å²) in [6, 6.07) is 3.63. The van der Waals surface area contributed by atoms with Crippen LogP contribution in [0.3, 0.4) is 0 Å². The van der Waals surface area contributed by atoms with Crippen LogP contribution in [0.4, 0.5) is 5.82 Å². The van der Waals surface area contributed by atoms with Crippen molar-refractivity contribution in [2.75, 3.05) is 11.9 Å². The molecule has 6 heteroatoms. The number of aryl methyl sites for hydroxylation is 1. The average Bonchev–Trinajstić information content (AvgIpc) is 3.01. The van der Waals surface area contributed by atoms with Crippen LogP contribution >= 0.6 is 0 Å². The number of hydrogen-bond acceptors (Lipinski definition) is 5. The minimum atomic E-state index is -0.823. The number of rotatable bonds is 5. The lowest BCUT2D eigenvalue weighted by Gasteiger charge is -2.19. The van der Waals surface area contributed by atoms with E-state index in [2.05, 4.69) is 15.3 Å². The lowest BCUT2D eigenvalue weighted by Crippen LogP contribution is -2.15. The van der Waals surface area contributed by atoms with Gasteiger partial charge in [-0.3, -0.25) is 4.79 Å². The summed E-state index contributed by atoms with van der Waals surface area (Å²) < 4.78 is 5.36. The Hall–Kier alpha value is -2.37. The van der Waals surface area contributed by atoms with Gasteiger partial charge in [0, 0.05) is 17.8 Å². The summed E-state index contributed by atoms with van der Waals surface area (Å²) in [7, 11) is 0. The smallest absolute Gasteiger partial charge is 0.305 e. The molecule has 0 aliphatic heterocycles. The molecule has 1 aliphatic carbocycles. The molecule has 0 unspecified atom stereocenters. The number of aliphatic carboxylic acids is 1. The third kappa shape index (κ3) is 3.04. The first kappa shape index (κ1) is 13.6. The van der Waals surface area contributed by atoms with E-state index >= 15 is 0 Å². The van der Waals surface area contributed by atoms with Gasteiger partial charge >= 0.3 is 5.97 Å². The van der Waals surface area contributed by atoms with Gasteiger partial charge in [0.25, 0.3) is 0 Å². The monoisotopic (exact) mass is 287 g/mol. The van der Waals surface area contributed by atoms with E-state index in [1.165, 1.54) is 0 Å². The first-order valence-electron chi connectivity index (χ1n) is 7.13. The quantitative estimate of drug-likeness (QED) is 0.878. The van der Waals surface area contributed by atoms with E-state index in [9.17, 15) is 4.79 Å². The molecule has 0 atom stereocenters. The fourth-order valence-corrected chi connectivity index (χ4v) is 2.54. The predicted octanol–water partition coefficient (Wildman–Crippen LogP) is 2.50. The highest BCUT2D eigenvalue weighted by Crippen LogP contribution is 2.28. The first-order chi connectivity index (χ1) is 10.2. The van der Waals surface area contributed by atoms with Crippen LogP contribution in [0, 0.1) is 0 Å². The normalized spacial score (nSPS) is 13.7. The highest BCUT2D eigenvalue weighted by molar-refractivity contribution is 5.67. The zero-order chi connectivity index (χ0) is 14.7. The van der Waals surface area contributed by atoms with Gasteiger partial charge in [-0.2, -0.15) is 0 Å². The summed E-state index contributed by atoms with van der Waals surface area (Å²) >= 11 is 0. The van der Waals surface area contributed by atoms with Gasteiger partial charge in [0.15, 0.2) is 11.6 Å². The van der Waals surface area contributed by atoms with Crippen molar-refractivity contribution in [3.05, 3.63) is 29.7 Å². The molecule has 2 aromatic rings. The van der Waals surface area contributed by atoms with Crippen LogP contribution in [0.1, 0.15) is 30.5 Å². The Morgan fingerprint density at radius 3 is 2.95 bits per heavy atom. The van der Waals surface area contributed by atoms with Crippen molar-refractivity contribution in [1.82, 2.24) is 9.97 Å². The van der Waals surface area contributed by atoms with Gasteiger partial charge in [-0.15, -0.1) is 0 Å². The van der Waals surface area contributed by atoms with Crippen molar-refractivity contribution >= 4 is 11.8 Å². The van der Waals surface area contributed by atoms with Crippen molar-refractivity contribution in [2.24, 2.45) is 0 Å². The Morgan fingerprint density at radius 1 is 1.33 bits per heavy atom. The van der Waals surface area contributed by atoms with Gasteiger partial charge in [-0.25, -0.2) is 9.97 Å². The molecule has 3 rings (SSSR count). The third-order valence-corrected chi connectivity index (χ3v) is 3.56. The topological polar surface area (TPSA) is 88.2 Å². The van der Waals surface area contributed by atoms with Gasteiger partial charge in [0.1, 0.15) is 5.82 Å². The van der Waals surface area contributed by atoms with Crippen LogP contribution in [0.2, 0.25) is 0 Å². The molecule has 0 saturated heterocycles. The molecule has 0 bridgehead atoms. The Kier molecular flexibility index (Phi) is 3.85. The number of hydrogen-bond donors (Lipinski definition) is 2. The largest absolute Gasteiger partial charge is 0.481 e. The van der Waals surface area contributed by atoms with Crippen molar-refractivity contribution in [3.63, 3.8) is 0 Å². The molecule has 0 aromatic carbocycles. The Bertz CT molecular complexity index is 638. The van der Waals surface area contributed by atoms with Gasteiger partial charge < -0.3 is 14.8 Å². The summed E-state index contributed by atoms with van der Waals surface area (Å²) in [5.41, 5.74) is 2.16. The van der Waals surface area contributed by atoms with E-state index < -0.39 is 5.97 Å². The number of nitrogens with one attached hydrogen (secondary N) is 1. The standard InChI is InChI=1S/C15H17N3O3/c19-13(20)7-8-16-14-10-4-1-2-5-11(10)17-15(18-14)12-6-3-9-21-12/h3,6,9H,1-2,4-5,7-8H2,(H,19,20)(H,16,17,18). The minimum Gasteiger partial charge on any atom is -0.481 e. The van der Waals surface area contributed by atoms with Gasteiger partial charge in [0.05, 0.1) is 12.7 Å². The predicted molar refractivity (Wildman–Crippen MR) is 77.1 cm³/mol. The Morgan fingerprint density at radius 2 is 2.19 bits per heavy atom. The summed E-state index contributed by atoms with van der Waals surface area (Å²) in [6.45, 7) is 0.358. The van der Waals surface area contributed by atoms with E-state index in [0.717, 1.165) is 42.8 Å². The molecule has 6 nitrogen and oxygen atoms in total. The molecule has 0 radical (unpaired) electrons. The molecule has 2 N–H and O–H groups in total. The van der Waals surface area contributed by atoms with E-state index in [1.54, 1.807) is 12.3 Å². The number of nitrogens with zero attached hydrogens (tertiary/aromatic N) is 2. The van der Waals surface area contributed by atoms with E-state index in [1.807, 2.05) is 6.07 Å². The Balaban J connectivity index is 1.92. The molecule has 1 aliphatic rings. The van der Waals surface area contributed by atoms with Crippen LogP contribution in [0.15, 0.2) is 22.8 Å². The molecule has 0 amide bonds. The number of furan rings is 1. The van der Waals surface area contributed by atoms with Crippen molar-refractivity contribution in [1.29, 1.82) is 0 Å². The summed E-state index contributed by atoms with van der Waals surface area (Å²) in [6.07, 6.45) is 5.76. The molecule has 2 aromatic heterocycles. The number of carboxylic acids is 1. The molecular weight excluding hydrogens is 270 g/mol. The minimum absolute atomic E-state index is 0.0643. The molecule has 0 saturated carbocycles.